The topological polar surface area (TPSA) is 56.2 Å². The van der Waals surface area contributed by atoms with E-state index in [1.807, 2.05) is 55.9 Å². The molecule has 0 aliphatic heterocycles. The first-order valence-electron chi connectivity index (χ1n) is 7.70. The summed E-state index contributed by atoms with van der Waals surface area (Å²) in [5.74, 6) is 0.667. The molecule has 5 nitrogen and oxygen atoms in total. The smallest absolute Gasteiger partial charge is 0.244 e. The maximum atomic E-state index is 12.1. The van der Waals surface area contributed by atoms with Gasteiger partial charge in [-0.15, -0.1) is 0 Å². The van der Waals surface area contributed by atoms with Crippen molar-refractivity contribution in [3.63, 3.8) is 0 Å². The molecule has 0 aliphatic carbocycles. The highest BCUT2D eigenvalue weighted by atomic mass is 16.5. The first kappa shape index (κ1) is 16.8. The van der Waals surface area contributed by atoms with Gasteiger partial charge in [0.05, 0.1) is 19.3 Å². The van der Waals surface area contributed by atoms with Crippen LogP contribution in [0.2, 0.25) is 0 Å². The minimum atomic E-state index is -0.128. The summed E-state index contributed by atoms with van der Waals surface area (Å²) in [5.41, 5.74) is 3.07. The van der Waals surface area contributed by atoms with Crippen LogP contribution in [0.3, 0.4) is 0 Å². The number of benzene rings is 1. The molecule has 0 bridgehead atoms. The number of rotatable bonds is 6. The molecule has 2 aromatic rings. The van der Waals surface area contributed by atoms with Gasteiger partial charge >= 0.3 is 0 Å². The van der Waals surface area contributed by atoms with Crippen LogP contribution >= 0.6 is 0 Å². The molecule has 0 saturated heterocycles. The van der Waals surface area contributed by atoms with E-state index in [1.165, 1.54) is 6.08 Å². The molecule has 1 amide bonds. The molecule has 1 atom stereocenters. The Morgan fingerprint density at radius 1 is 1.39 bits per heavy atom. The summed E-state index contributed by atoms with van der Waals surface area (Å²) in [6.07, 6.45) is 5.14. The molecular weight excluding hydrogens is 290 g/mol. The summed E-state index contributed by atoms with van der Waals surface area (Å²) in [6.45, 7) is 6.85. The van der Waals surface area contributed by atoms with Gasteiger partial charge in [0.25, 0.3) is 0 Å². The van der Waals surface area contributed by atoms with Gasteiger partial charge in [0.2, 0.25) is 5.91 Å². The normalized spacial score (nSPS) is 12.3. The highest BCUT2D eigenvalue weighted by molar-refractivity contribution is 5.92. The lowest BCUT2D eigenvalue weighted by atomic mass is 10.1. The van der Waals surface area contributed by atoms with Crippen LogP contribution in [0.4, 0.5) is 0 Å². The molecule has 0 saturated carbocycles. The molecule has 1 aromatic heterocycles. The summed E-state index contributed by atoms with van der Waals surface area (Å²) in [5, 5.41) is 7.27. The van der Waals surface area contributed by atoms with Crippen LogP contribution in [0.25, 0.3) is 6.08 Å². The second-order valence-corrected chi connectivity index (χ2v) is 5.34. The van der Waals surface area contributed by atoms with Gasteiger partial charge in [-0.25, -0.2) is 0 Å². The monoisotopic (exact) mass is 313 g/mol. The van der Waals surface area contributed by atoms with Crippen molar-refractivity contribution in [3.8, 4) is 5.75 Å². The maximum Gasteiger partial charge on any atom is 0.244 e. The van der Waals surface area contributed by atoms with Gasteiger partial charge in [0.15, 0.2) is 0 Å². The summed E-state index contributed by atoms with van der Waals surface area (Å²) < 4.78 is 7.03. The van der Waals surface area contributed by atoms with E-state index in [2.05, 4.69) is 10.4 Å². The molecule has 0 radical (unpaired) electrons. The molecule has 1 aromatic carbocycles. The zero-order valence-electron chi connectivity index (χ0n) is 14.0. The van der Waals surface area contributed by atoms with Gasteiger partial charge in [0.1, 0.15) is 5.75 Å². The average molecular weight is 313 g/mol. The van der Waals surface area contributed by atoms with Crippen molar-refractivity contribution in [1.29, 1.82) is 0 Å². The Labute approximate surface area is 137 Å². The fourth-order valence-corrected chi connectivity index (χ4v) is 2.43. The lowest BCUT2D eigenvalue weighted by Crippen LogP contribution is -2.25. The van der Waals surface area contributed by atoms with E-state index >= 15 is 0 Å². The molecule has 0 aliphatic rings. The first-order chi connectivity index (χ1) is 11.0. The fraction of sp³-hybridized carbons (Fsp3) is 0.333. The zero-order chi connectivity index (χ0) is 16.8. The highest BCUT2D eigenvalue weighted by Crippen LogP contribution is 2.17. The Hall–Kier alpha value is -2.56. The molecule has 1 unspecified atom stereocenters. The van der Waals surface area contributed by atoms with Crippen LogP contribution in [-0.2, 0) is 11.3 Å². The summed E-state index contributed by atoms with van der Waals surface area (Å²) in [7, 11) is 1.63. The van der Waals surface area contributed by atoms with E-state index in [0.29, 0.717) is 0 Å². The number of aromatic nitrogens is 2. The number of methoxy groups -OCH3 is 1. The molecule has 122 valence electrons. The van der Waals surface area contributed by atoms with Gasteiger partial charge in [-0.1, -0.05) is 12.1 Å². The Bertz CT molecular complexity index is 687. The van der Waals surface area contributed by atoms with Crippen molar-refractivity contribution < 1.29 is 9.53 Å². The number of aryl methyl sites for hydroxylation is 1. The second-order valence-electron chi connectivity index (χ2n) is 5.34. The van der Waals surface area contributed by atoms with E-state index in [1.54, 1.807) is 13.2 Å². The molecule has 5 heteroatoms. The third kappa shape index (κ3) is 4.22. The first-order valence-corrected chi connectivity index (χ1v) is 7.70. The summed E-state index contributed by atoms with van der Waals surface area (Å²) >= 11 is 0. The quantitative estimate of drug-likeness (QED) is 0.834. The number of carbonyl (C=O) groups is 1. The standard InChI is InChI=1S/C18H23N3O2/c1-5-21-14(3)17(12-19-21)13(2)20-18(22)11-8-15-6-9-16(23-4)10-7-15/h6-13H,5H2,1-4H3,(H,20,22)/b11-8+. The predicted octanol–water partition coefficient (Wildman–Crippen LogP) is 3.11. The number of ether oxygens (including phenoxy) is 1. The molecule has 2 rings (SSSR count). The van der Waals surface area contributed by atoms with Gasteiger partial charge in [0, 0.05) is 23.9 Å². The average Bonchev–Trinajstić information content (AvgIpc) is 2.94. The number of hydrogen-bond donors (Lipinski definition) is 1. The Morgan fingerprint density at radius 3 is 2.65 bits per heavy atom. The largest absolute Gasteiger partial charge is 0.497 e. The van der Waals surface area contributed by atoms with Gasteiger partial charge in [-0.2, -0.15) is 5.10 Å². The van der Waals surface area contributed by atoms with Crippen LogP contribution in [0.15, 0.2) is 36.5 Å². The van der Waals surface area contributed by atoms with E-state index in [0.717, 1.165) is 29.1 Å². The van der Waals surface area contributed by atoms with Crippen molar-refractivity contribution in [3.05, 3.63) is 53.4 Å². The fourth-order valence-electron chi connectivity index (χ4n) is 2.43. The lowest BCUT2D eigenvalue weighted by molar-refractivity contribution is -0.117. The third-order valence-electron chi connectivity index (χ3n) is 3.81. The lowest BCUT2D eigenvalue weighted by Gasteiger charge is -2.12. The third-order valence-corrected chi connectivity index (χ3v) is 3.81. The van der Waals surface area contributed by atoms with E-state index in [-0.39, 0.29) is 11.9 Å². The van der Waals surface area contributed by atoms with E-state index in [9.17, 15) is 4.79 Å². The Morgan fingerprint density at radius 2 is 2.09 bits per heavy atom. The molecule has 0 spiro atoms. The van der Waals surface area contributed by atoms with Crippen molar-refractivity contribution in [2.75, 3.05) is 7.11 Å². The summed E-state index contributed by atoms with van der Waals surface area (Å²) in [4.78, 5) is 12.1. The zero-order valence-corrected chi connectivity index (χ0v) is 14.0. The molecule has 23 heavy (non-hydrogen) atoms. The van der Waals surface area contributed by atoms with Crippen LogP contribution in [-0.4, -0.2) is 22.8 Å². The summed E-state index contributed by atoms with van der Waals surface area (Å²) in [6, 6.07) is 7.46. The second kappa shape index (κ2) is 7.63. The molecular formula is C18H23N3O2. The van der Waals surface area contributed by atoms with Gasteiger partial charge in [-0.3, -0.25) is 9.48 Å². The number of nitrogens with zero attached hydrogens (tertiary/aromatic N) is 2. The Balaban J connectivity index is 1.97. The van der Waals surface area contributed by atoms with Crippen molar-refractivity contribution in [2.24, 2.45) is 0 Å². The van der Waals surface area contributed by atoms with Crippen LogP contribution in [0.5, 0.6) is 5.75 Å². The van der Waals surface area contributed by atoms with Crippen molar-refractivity contribution in [1.82, 2.24) is 15.1 Å². The molecule has 0 fully saturated rings. The van der Waals surface area contributed by atoms with E-state index < -0.39 is 0 Å². The van der Waals surface area contributed by atoms with Gasteiger partial charge in [-0.05, 0) is 44.5 Å². The number of amides is 1. The van der Waals surface area contributed by atoms with Crippen LogP contribution < -0.4 is 10.1 Å². The highest BCUT2D eigenvalue weighted by Gasteiger charge is 2.13. The van der Waals surface area contributed by atoms with Crippen LogP contribution in [0, 0.1) is 6.92 Å². The van der Waals surface area contributed by atoms with Crippen molar-refractivity contribution >= 4 is 12.0 Å². The van der Waals surface area contributed by atoms with E-state index in [4.69, 9.17) is 4.74 Å². The Kier molecular flexibility index (Phi) is 5.57. The number of nitrogens with one attached hydrogen (secondary N) is 1. The maximum absolute atomic E-state index is 12.1. The van der Waals surface area contributed by atoms with Gasteiger partial charge < -0.3 is 10.1 Å². The van der Waals surface area contributed by atoms with Crippen molar-refractivity contribution in [2.45, 2.75) is 33.4 Å². The minimum absolute atomic E-state index is 0.0803. The SMILES string of the molecule is CCn1ncc(C(C)NC(=O)/C=C/c2ccc(OC)cc2)c1C. The number of hydrogen-bond acceptors (Lipinski definition) is 3. The molecule has 1 heterocycles. The number of carbonyl (C=O) groups excluding carboxylic acids is 1. The predicted molar refractivity (Wildman–Crippen MR) is 91.2 cm³/mol. The minimum Gasteiger partial charge on any atom is -0.497 e. The van der Waals surface area contributed by atoms with Crippen LogP contribution in [0.1, 0.15) is 36.7 Å². The molecule has 1 N–H and O–H groups in total.